The molecule has 1 heterocycles. The third-order valence-corrected chi connectivity index (χ3v) is 4.33. The molecule has 0 spiro atoms. The average Bonchev–Trinajstić information content (AvgIpc) is 2.95. The number of halogens is 1. The van der Waals surface area contributed by atoms with Crippen LogP contribution in [0.5, 0.6) is 0 Å². The van der Waals surface area contributed by atoms with Gasteiger partial charge in [-0.3, -0.25) is 0 Å². The Balaban J connectivity index is 1.90. The first-order valence-corrected chi connectivity index (χ1v) is 7.67. The summed E-state index contributed by atoms with van der Waals surface area (Å²) in [6.45, 7) is 0. The van der Waals surface area contributed by atoms with Gasteiger partial charge in [0, 0.05) is 28.8 Å². The van der Waals surface area contributed by atoms with E-state index in [2.05, 4.69) is 40.6 Å². The first-order valence-electron chi connectivity index (χ1n) is 7.29. The summed E-state index contributed by atoms with van der Waals surface area (Å²) in [6.07, 6.45) is 3.47. The van der Waals surface area contributed by atoms with Crippen LogP contribution in [0.4, 0.5) is 11.4 Å². The lowest BCUT2D eigenvalue weighted by molar-refractivity contribution is -0.356. The van der Waals surface area contributed by atoms with Gasteiger partial charge in [-0.2, -0.15) is 0 Å². The molecule has 0 saturated carbocycles. The van der Waals surface area contributed by atoms with E-state index in [-0.39, 0.29) is 0 Å². The van der Waals surface area contributed by atoms with Crippen LogP contribution in [0.1, 0.15) is 17.7 Å². The maximum absolute atomic E-state index is 6.10. The highest BCUT2D eigenvalue weighted by molar-refractivity contribution is 6.30. The van der Waals surface area contributed by atoms with E-state index in [4.69, 9.17) is 11.6 Å². The lowest BCUT2D eigenvalue weighted by Gasteiger charge is -2.12. The third-order valence-electron chi connectivity index (χ3n) is 4.10. The molecule has 0 radical (unpaired) electrons. The Labute approximate surface area is 128 Å². The number of benzene rings is 2. The predicted molar refractivity (Wildman–Crippen MR) is 87.3 cm³/mol. The van der Waals surface area contributed by atoms with E-state index in [1.807, 2.05) is 18.2 Å². The van der Waals surface area contributed by atoms with Crippen molar-refractivity contribution in [2.24, 2.45) is 0 Å². The van der Waals surface area contributed by atoms with Gasteiger partial charge in [0.15, 0.2) is 5.69 Å². The monoisotopic (exact) mass is 295 g/mol. The molecule has 0 saturated heterocycles. The molecule has 0 aliphatic heterocycles. The number of H-pyrrole nitrogens is 1. The van der Waals surface area contributed by atoms with Gasteiger partial charge in [0.25, 0.3) is 0 Å². The molecule has 0 unspecified atom stereocenters. The molecule has 1 aromatic heterocycles. The highest BCUT2D eigenvalue weighted by Gasteiger charge is 2.24. The second-order valence-electron chi connectivity index (χ2n) is 5.49. The smallest absolute Gasteiger partial charge is 0.213 e. The van der Waals surface area contributed by atoms with Crippen LogP contribution in [0.25, 0.3) is 10.9 Å². The number of fused-ring (bicyclic) bond motifs is 2. The van der Waals surface area contributed by atoms with Crippen LogP contribution in [-0.4, -0.2) is 0 Å². The number of nitrogens with one attached hydrogen (secondary N) is 2. The molecule has 1 aliphatic rings. The SMILES string of the molecule is Clc1cccc(Nc2c3c([nH+]c4ccccc24)CCC3)c1. The highest BCUT2D eigenvalue weighted by Crippen LogP contribution is 2.34. The Morgan fingerprint density at radius 2 is 1.90 bits per heavy atom. The minimum absolute atomic E-state index is 0.753. The fraction of sp³-hybridized carbons (Fsp3) is 0.167. The standard InChI is InChI=1S/C18H15ClN2/c19-12-5-3-6-13(11-12)20-18-14-7-1-2-9-16(14)21-17-10-4-8-15(17)18/h1-3,5-7,9,11H,4,8,10H2,(H,20,21)/p+1. The Morgan fingerprint density at radius 1 is 1.00 bits per heavy atom. The number of aromatic nitrogens is 1. The van der Waals surface area contributed by atoms with Gasteiger partial charge in [0.05, 0.1) is 11.1 Å². The minimum Gasteiger partial charge on any atom is -0.354 e. The highest BCUT2D eigenvalue weighted by atomic mass is 35.5. The molecule has 2 nitrogen and oxygen atoms in total. The molecule has 3 aromatic rings. The van der Waals surface area contributed by atoms with Gasteiger partial charge in [-0.05, 0) is 37.1 Å². The lowest BCUT2D eigenvalue weighted by atomic mass is 10.1. The number of aromatic amines is 1. The van der Waals surface area contributed by atoms with Gasteiger partial charge >= 0.3 is 0 Å². The van der Waals surface area contributed by atoms with Crippen molar-refractivity contribution in [1.82, 2.24) is 0 Å². The fourth-order valence-electron chi connectivity index (χ4n) is 3.15. The van der Waals surface area contributed by atoms with E-state index in [9.17, 15) is 0 Å². The van der Waals surface area contributed by atoms with Crippen molar-refractivity contribution < 1.29 is 4.98 Å². The summed E-state index contributed by atoms with van der Waals surface area (Å²) in [5, 5.41) is 5.57. The van der Waals surface area contributed by atoms with Crippen molar-refractivity contribution in [3.8, 4) is 0 Å². The van der Waals surface area contributed by atoms with Crippen molar-refractivity contribution in [2.75, 3.05) is 5.32 Å². The lowest BCUT2D eigenvalue weighted by Crippen LogP contribution is -2.13. The zero-order valence-electron chi connectivity index (χ0n) is 11.6. The van der Waals surface area contributed by atoms with E-state index >= 15 is 0 Å². The summed E-state index contributed by atoms with van der Waals surface area (Å²) >= 11 is 6.10. The molecule has 2 aromatic carbocycles. The normalized spacial score (nSPS) is 13.4. The summed E-state index contributed by atoms with van der Waals surface area (Å²) in [7, 11) is 0. The molecule has 0 amide bonds. The number of anilines is 2. The third kappa shape index (κ3) is 2.26. The van der Waals surface area contributed by atoms with Gasteiger partial charge in [-0.25, -0.2) is 4.98 Å². The van der Waals surface area contributed by atoms with Gasteiger partial charge in [-0.1, -0.05) is 29.8 Å². The molecule has 0 fully saturated rings. The van der Waals surface area contributed by atoms with Crippen molar-refractivity contribution in [3.05, 3.63) is 64.8 Å². The Bertz CT molecular complexity index is 827. The summed E-state index contributed by atoms with van der Waals surface area (Å²) in [4.78, 5) is 3.58. The molecule has 2 N–H and O–H groups in total. The Hall–Kier alpha value is -2.06. The minimum atomic E-state index is 0.753. The number of aryl methyl sites for hydroxylation is 1. The van der Waals surface area contributed by atoms with Crippen molar-refractivity contribution in [2.45, 2.75) is 19.3 Å². The first kappa shape index (κ1) is 12.7. The van der Waals surface area contributed by atoms with Gasteiger partial charge in [0.1, 0.15) is 0 Å². The Morgan fingerprint density at radius 3 is 2.81 bits per heavy atom. The first-order chi connectivity index (χ1) is 10.3. The zero-order valence-corrected chi connectivity index (χ0v) is 12.4. The summed E-state index contributed by atoms with van der Waals surface area (Å²) in [6, 6.07) is 16.3. The van der Waals surface area contributed by atoms with E-state index in [1.165, 1.54) is 34.3 Å². The number of rotatable bonds is 2. The number of pyridine rings is 1. The fourth-order valence-corrected chi connectivity index (χ4v) is 3.34. The number of para-hydroxylation sites is 1. The molecule has 104 valence electrons. The maximum atomic E-state index is 6.10. The molecule has 3 heteroatoms. The van der Waals surface area contributed by atoms with Gasteiger partial charge in [-0.15, -0.1) is 0 Å². The van der Waals surface area contributed by atoms with Crippen LogP contribution >= 0.6 is 11.6 Å². The van der Waals surface area contributed by atoms with Gasteiger partial charge in [0.2, 0.25) is 5.52 Å². The van der Waals surface area contributed by atoms with Crippen molar-refractivity contribution in [1.29, 1.82) is 0 Å². The second kappa shape index (κ2) is 5.05. The molecule has 0 atom stereocenters. The predicted octanol–water partition coefficient (Wildman–Crippen LogP) is 4.54. The quantitative estimate of drug-likeness (QED) is 0.738. The maximum Gasteiger partial charge on any atom is 0.213 e. The van der Waals surface area contributed by atoms with Crippen LogP contribution in [-0.2, 0) is 12.8 Å². The molecule has 0 bridgehead atoms. The largest absolute Gasteiger partial charge is 0.354 e. The molecule has 4 rings (SSSR count). The number of hydrogen-bond acceptors (Lipinski definition) is 1. The molecule has 21 heavy (non-hydrogen) atoms. The van der Waals surface area contributed by atoms with E-state index in [0.29, 0.717) is 0 Å². The second-order valence-corrected chi connectivity index (χ2v) is 5.93. The molecular formula is C18H16ClN2+. The summed E-state index contributed by atoms with van der Waals surface area (Å²) in [5.41, 5.74) is 6.21. The van der Waals surface area contributed by atoms with Crippen LogP contribution in [0.15, 0.2) is 48.5 Å². The average molecular weight is 296 g/mol. The van der Waals surface area contributed by atoms with Crippen molar-refractivity contribution in [3.63, 3.8) is 0 Å². The van der Waals surface area contributed by atoms with E-state index in [1.54, 1.807) is 0 Å². The number of hydrogen-bond donors (Lipinski definition) is 1. The summed E-state index contributed by atoms with van der Waals surface area (Å²) < 4.78 is 0. The van der Waals surface area contributed by atoms with E-state index < -0.39 is 0 Å². The van der Waals surface area contributed by atoms with Crippen LogP contribution in [0.2, 0.25) is 5.02 Å². The van der Waals surface area contributed by atoms with Crippen LogP contribution < -0.4 is 10.3 Å². The molecule has 1 aliphatic carbocycles. The van der Waals surface area contributed by atoms with Crippen LogP contribution in [0.3, 0.4) is 0 Å². The summed E-state index contributed by atoms with van der Waals surface area (Å²) in [5.74, 6) is 0. The van der Waals surface area contributed by atoms with Gasteiger partial charge < -0.3 is 5.32 Å². The Kier molecular flexibility index (Phi) is 3.04. The molecular weight excluding hydrogens is 280 g/mol. The van der Waals surface area contributed by atoms with Crippen LogP contribution in [0, 0.1) is 0 Å². The van der Waals surface area contributed by atoms with E-state index in [0.717, 1.165) is 23.6 Å². The van der Waals surface area contributed by atoms with Crippen molar-refractivity contribution >= 4 is 33.9 Å². The zero-order chi connectivity index (χ0) is 14.2. The topological polar surface area (TPSA) is 26.2 Å².